The maximum Gasteiger partial charge on any atom is 0.325 e. The topological polar surface area (TPSA) is 88.4 Å². The summed E-state index contributed by atoms with van der Waals surface area (Å²) in [6.45, 7) is -0.0503. The lowest BCUT2D eigenvalue weighted by Crippen LogP contribution is -2.22. The van der Waals surface area contributed by atoms with Gasteiger partial charge in [-0.1, -0.05) is 17.4 Å². The molecule has 0 radical (unpaired) electrons. The highest BCUT2D eigenvalue weighted by Gasteiger charge is 2.13. The Balaban J connectivity index is 1.98. The fourth-order valence-corrected chi connectivity index (χ4v) is 4.00. The van der Waals surface area contributed by atoms with E-state index in [2.05, 4.69) is 4.99 Å². The molecule has 1 heterocycles. The van der Waals surface area contributed by atoms with E-state index in [4.69, 9.17) is 18.9 Å². The molecule has 0 aliphatic heterocycles. The molecule has 30 heavy (non-hydrogen) atoms. The quantitative estimate of drug-likeness (QED) is 0.536. The minimum atomic E-state index is -0.431. The number of ether oxygens (including phenoxy) is 4. The molecule has 1 aromatic heterocycles. The molecular weight excluding hydrogens is 408 g/mol. The van der Waals surface area contributed by atoms with E-state index in [1.165, 1.54) is 25.6 Å². The van der Waals surface area contributed by atoms with E-state index in [0.29, 0.717) is 22.0 Å². The van der Waals surface area contributed by atoms with E-state index in [9.17, 15) is 9.59 Å². The first-order valence-electron chi connectivity index (χ1n) is 9.01. The molecule has 0 unspecified atom stereocenters. The molecule has 3 aromatic rings. The lowest BCUT2D eigenvalue weighted by Gasteiger charge is -2.08. The normalized spacial score (nSPS) is 11.4. The number of carbonyl (C=O) groups excluding carboxylic acids is 2. The van der Waals surface area contributed by atoms with Gasteiger partial charge in [-0.25, -0.2) is 0 Å². The Morgan fingerprint density at radius 2 is 1.73 bits per heavy atom. The largest absolute Gasteiger partial charge is 0.497 e. The van der Waals surface area contributed by atoms with Gasteiger partial charge in [-0.15, -0.1) is 0 Å². The van der Waals surface area contributed by atoms with E-state index >= 15 is 0 Å². The van der Waals surface area contributed by atoms with Crippen molar-refractivity contribution in [3.8, 4) is 17.2 Å². The number of hydrogen-bond acceptors (Lipinski definition) is 7. The van der Waals surface area contributed by atoms with Crippen molar-refractivity contribution < 1.29 is 28.5 Å². The molecule has 3 rings (SSSR count). The molecular formula is C21H22N2O6S. The van der Waals surface area contributed by atoms with Crippen molar-refractivity contribution >= 4 is 33.4 Å². The number of carbonyl (C=O) groups is 2. The third kappa shape index (κ3) is 4.62. The van der Waals surface area contributed by atoms with E-state index in [-0.39, 0.29) is 18.9 Å². The predicted molar refractivity (Wildman–Crippen MR) is 112 cm³/mol. The summed E-state index contributed by atoms with van der Waals surface area (Å²) in [5.74, 6) is 1.02. The van der Waals surface area contributed by atoms with Crippen LogP contribution in [0.2, 0.25) is 0 Å². The van der Waals surface area contributed by atoms with Crippen molar-refractivity contribution in [3.63, 3.8) is 0 Å². The van der Waals surface area contributed by atoms with Gasteiger partial charge in [0.15, 0.2) is 16.3 Å². The molecule has 0 N–H and O–H groups in total. The van der Waals surface area contributed by atoms with Gasteiger partial charge in [0.2, 0.25) is 0 Å². The van der Waals surface area contributed by atoms with E-state index < -0.39 is 5.97 Å². The number of aromatic nitrogens is 1. The Bertz CT molecular complexity index is 1150. The highest BCUT2D eigenvalue weighted by Crippen LogP contribution is 2.28. The van der Waals surface area contributed by atoms with Crippen LogP contribution in [0.5, 0.6) is 17.2 Å². The van der Waals surface area contributed by atoms with Crippen LogP contribution in [0.25, 0.3) is 10.2 Å². The summed E-state index contributed by atoms with van der Waals surface area (Å²) in [6, 6.07) is 10.7. The maximum absolute atomic E-state index is 12.7. The number of fused-ring (bicyclic) bond motifs is 1. The summed E-state index contributed by atoms with van der Waals surface area (Å²) < 4.78 is 23.1. The van der Waals surface area contributed by atoms with E-state index in [0.717, 1.165) is 15.8 Å². The molecule has 0 saturated heterocycles. The average Bonchev–Trinajstić information content (AvgIpc) is 3.08. The van der Waals surface area contributed by atoms with Crippen molar-refractivity contribution in [2.45, 2.75) is 13.0 Å². The molecule has 0 aliphatic carbocycles. The van der Waals surface area contributed by atoms with Crippen molar-refractivity contribution in [2.75, 3.05) is 28.4 Å². The second-order valence-corrected chi connectivity index (χ2v) is 7.26. The fraction of sp³-hybridized carbons (Fsp3) is 0.286. The van der Waals surface area contributed by atoms with Crippen LogP contribution < -0.4 is 19.0 Å². The Kier molecular flexibility index (Phi) is 6.73. The van der Waals surface area contributed by atoms with Crippen molar-refractivity contribution in [1.82, 2.24) is 4.57 Å². The number of esters is 1. The average molecular weight is 430 g/mol. The van der Waals surface area contributed by atoms with Gasteiger partial charge in [-0.05, 0) is 35.9 Å². The molecule has 0 bridgehead atoms. The zero-order valence-electron chi connectivity index (χ0n) is 17.1. The lowest BCUT2D eigenvalue weighted by molar-refractivity contribution is -0.141. The first-order valence-corrected chi connectivity index (χ1v) is 9.83. The van der Waals surface area contributed by atoms with Crippen LogP contribution in [0.4, 0.5) is 0 Å². The van der Waals surface area contributed by atoms with Gasteiger partial charge in [-0.2, -0.15) is 4.99 Å². The van der Waals surface area contributed by atoms with Gasteiger partial charge >= 0.3 is 5.97 Å². The summed E-state index contributed by atoms with van der Waals surface area (Å²) in [5, 5.41) is 0. The van der Waals surface area contributed by atoms with Crippen molar-refractivity contribution in [3.05, 3.63) is 46.8 Å². The third-order valence-electron chi connectivity index (χ3n) is 4.43. The van der Waals surface area contributed by atoms with Gasteiger partial charge in [0.05, 0.1) is 45.1 Å². The first kappa shape index (κ1) is 21.4. The van der Waals surface area contributed by atoms with Crippen LogP contribution in [-0.4, -0.2) is 44.9 Å². The van der Waals surface area contributed by atoms with Crippen LogP contribution in [0.15, 0.2) is 41.4 Å². The Labute approximate surface area is 177 Å². The van der Waals surface area contributed by atoms with E-state index in [1.807, 2.05) is 12.1 Å². The SMILES string of the molecule is COC(=O)Cn1c(=NC(=O)Cc2ccc(OC)c(OC)c2)sc2cc(OC)ccc21. The third-order valence-corrected chi connectivity index (χ3v) is 5.47. The zero-order chi connectivity index (χ0) is 21.7. The second-order valence-electron chi connectivity index (χ2n) is 6.25. The summed E-state index contributed by atoms with van der Waals surface area (Å²) in [5.41, 5.74) is 1.51. The van der Waals surface area contributed by atoms with Gasteiger partial charge in [0.25, 0.3) is 5.91 Å². The van der Waals surface area contributed by atoms with Crippen LogP contribution in [-0.2, 0) is 27.3 Å². The molecule has 0 aliphatic rings. The number of thiazole rings is 1. The number of methoxy groups -OCH3 is 4. The van der Waals surface area contributed by atoms with Crippen molar-refractivity contribution in [2.24, 2.45) is 4.99 Å². The smallest absolute Gasteiger partial charge is 0.325 e. The van der Waals surface area contributed by atoms with Crippen molar-refractivity contribution in [1.29, 1.82) is 0 Å². The van der Waals surface area contributed by atoms with Crippen LogP contribution >= 0.6 is 11.3 Å². The highest BCUT2D eigenvalue weighted by atomic mass is 32.1. The number of amides is 1. The van der Waals surface area contributed by atoms with Crippen LogP contribution in [0.3, 0.4) is 0 Å². The Morgan fingerprint density at radius 3 is 2.40 bits per heavy atom. The summed E-state index contributed by atoms with van der Waals surface area (Å²) >= 11 is 1.30. The number of hydrogen-bond donors (Lipinski definition) is 0. The summed E-state index contributed by atoms with van der Waals surface area (Å²) in [7, 11) is 5.98. The highest BCUT2D eigenvalue weighted by molar-refractivity contribution is 7.16. The molecule has 9 heteroatoms. The summed E-state index contributed by atoms with van der Waals surface area (Å²) in [4.78, 5) is 29.2. The minimum absolute atomic E-state index is 0.0503. The van der Waals surface area contributed by atoms with E-state index in [1.54, 1.807) is 43.1 Å². The van der Waals surface area contributed by atoms with Gasteiger partial charge in [0, 0.05) is 0 Å². The standard InChI is InChI=1S/C21H22N2O6S/c1-26-14-6-7-15-18(11-14)30-21(23(15)12-20(25)29-4)22-19(24)10-13-5-8-16(27-2)17(9-13)28-3/h5-9,11H,10,12H2,1-4H3. The fourth-order valence-electron chi connectivity index (χ4n) is 2.92. The number of benzene rings is 2. The molecule has 158 valence electrons. The summed E-state index contributed by atoms with van der Waals surface area (Å²) in [6.07, 6.45) is 0.0795. The number of nitrogens with zero attached hydrogens (tertiary/aromatic N) is 2. The van der Waals surface area contributed by atoms with Crippen LogP contribution in [0, 0.1) is 0 Å². The van der Waals surface area contributed by atoms with Gasteiger partial charge in [0.1, 0.15) is 12.3 Å². The molecule has 0 saturated carbocycles. The molecule has 1 amide bonds. The monoisotopic (exact) mass is 430 g/mol. The molecule has 0 spiro atoms. The minimum Gasteiger partial charge on any atom is -0.497 e. The van der Waals surface area contributed by atoms with Gasteiger partial charge < -0.3 is 23.5 Å². The predicted octanol–water partition coefficient (Wildman–Crippen LogP) is 2.57. The molecule has 0 fully saturated rings. The second kappa shape index (κ2) is 9.45. The zero-order valence-corrected chi connectivity index (χ0v) is 17.9. The lowest BCUT2D eigenvalue weighted by atomic mass is 10.1. The molecule has 8 nitrogen and oxygen atoms in total. The Hall–Kier alpha value is -3.33. The first-order chi connectivity index (χ1) is 14.5. The number of rotatable bonds is 7. The Morgan fingerprint density at radius 1 is 0.967 bits per heavy atom. The van der Waals surface area contributed by atoms with Gasteiger partial charge in [-0.3, -0.25) is 9.59 Å². The van der Waals surface area contributed by atoms with Crippen LogP contribution in [0.1, 0.15) is 5.56 Å². The maximum atomic E-state index is 12.7. The molecule has 2 aromatic carbocycles. The molecule has 0 atom stereocenters.